The minimum Gasteiger partial charge on any atom is -0.481 e. The summed E-state index contributed by atoms with van der Waals surface area (Å²) in [4.78, 5) is 22.1. The summed E-state index contributed by atoms with van der Waals surface area (Å²) in [6.07, 6.45) is 2.45. The van der Waals surface area contributed by atoms with Crippen molar-refractivity contribution in [3.63, 3.8) is 0 Å². The first-order valence-corrected chi connectivity index (χ1v) is 7.44. The van der Waals surface area contributed by atoms with Crippen molar-refractivity contribution in [1.82, 2.24) is 10.0 Å². The van der Waals surface area contributed by atoms with E-state index in [4.69, 9.17) is 5.11 Å². The Hall–Kier alpha value is -0.0617. The van der Waals surface area contributed by atoms with Gasteiger partial charge in [0.2, 0.25) is 5.91 Å². The first-order chi connectivity index (χ1) is 8.65. The van der Waals surface area contributed by atoms with Crippen LogP contribution < -0.4 is 0 Å². The molecule has 1 rings (SSSR count). The fourth-order valence-corrected chi connectivity index (χ4v) is 2.75. The van der Waals surface area contributed by atoms with E-state index >= 15 is 0 Å². The molecule has 1 fully saturated rings. The first kappa shape index (κ1) is 18.9. The third kappa shape index (κ3) is 7.33. The minimum atomic E-state index is -0.745. The van der Waals surface area contributed by atoms with Crippen LogP contribution >= 0.6 is 11.8 Å². The minimum absolute atomic E-state index is 0. The number of hydrazine groups is 1. The number of carbonyl (C=O) groups is 2. The van der Waals surface area contributed by atoms with Crippen LogP contribution in [0, 0.1) is 6.92 Å². The number of hydrogen-bond donors (Lipinski definition) is 1. The van der Waals surface area contributed by atoms with Crippen molar-refractivity contribution in [2.24, 2.45) is 0 Å². The zero-order valence-corrected chi connectivity index (χ0v) is 14.8. The fraction of sp³-hybridized carbons (Fsp3) is 0.750. The van der Waals surface area contributed by atoms with Crippen LogP contribution in [0.25, 0.3) is 0 Å². The largest absolute Gasteiger partial charge is 0.481 e. The Labute approximate surface area is 133 Å². The van der Waals surface area contributed by atoms with Crippen LogP contribution in [-0.4, -0.2) is 58.1 Å². The van der Waals surface area contributed by atoms with Crippen molar-refractivity contribution in [3.05, 3.63) is 6.92 Å². The van der Waals surface area contributed by atoms with Crippen LogP contribution in [-0.2, 0) is 30.7 Å². The van der Waals surface area contributed by atoms with Gasteiger partial charge >= 0.3 is 5.97 Å². The molecule has 1 aliphatic heterocycles. The molecule has 1 N–H and O–H groups in total. The van der Waals surface area contributed by atoms with Gasteiger partial charge in [0.15, 0.2) is 0 Å². The molecule has 0 spiro atoms. The van der Waals surface area contributed by atoms with Gasteiger partial charge in [0.25, 0.3) is 0 Å². The maximum atomic E-state index is 11.7. The van der Waals surface area contributed by atoms with E-state index in [0.717, 1.165) is 24.5 Å². The van der Waals surface area contributed by atoms with Crippen molar-refractivity contribution >= 4 is 23.6 Å². The Morgan fingerprint density at radius 1 is 1.42 bits per heavy atom. The smallest absolute Gasteiger partial charge is 0.303 e. The summed E-state index contributed by atoms with van der Waals surface area (Å²) < 4.78 is 0. The van der Waals surface area contributed by atoms with Crippen molar-refractivity contribution in [2.75, 3.05) is 31.1 Å². The number of carboxylic acids is 1. The van der Waals surface area contributed by atoms with Crippen LogP contribution in [0.4, 0.5) is 0 Å². The van der Waals surface area contributed by atoms with Crippen molar-refractivity contribution in [1.29, 1.82) is 0 Å². The number of amides is 1. The van der Waals surface area contributed by atoms with Gasteiger partial charge in [0.1, 0.15) is 0 Å². The monoisotopic (exact) mass is 457 g/mol. The average Bonchev–Trinajstić information content (AvgIpc) is 2.34. The molecule has 0 atom stereocenters. The van der Waals surface area contributed by atoms with Gasteiger partial charge < -0.3 is 12.0 Å². The third-order valence-electron chi connectivity index (χ3n) is 2.82. The molecular weight excluding hydrogens is 436 g/mol. The number of nitrogens with zero attached hydrogens (tertiary/aromatic N) is 2. The van der Waals surface area contributed by atoms with Crippen molar-refractivity contribution < 1.29 is 35.8 Å². The van der Waals surface area contributed by atoms with E-state index in [1.165, 1.54) is 0 Å². The third-order valence-corrected chi connectivity index (χ3v) is 3.87. The first-order valence-electron chi connectivity index (χ1n) is 6.29. The molecule has 0 aromatic heterocycles. The van der Waals surface area contributed by atoms with Crippen LogP contribution in [0.2, 0.25) is 0 Å². The summed E-state index contributed by atoms with van der Waals surface area (Å²) in [5, 5.41) is 12.3. The van der Waals surface area contributed by atoms with E-state index in [0.29, 0.717) is 25.9 Å². The van der Waals surface area contributed by atoms with Gasteiger partial charge in [-0.3, -0.25) is 14.6 Å². The summed E-state index contributed by atoms with van der Waals surface area (Å²) >= 11 is 1.70. The van der Waals surface area contributed by atoms with Gasteiger partial charge in [-0.05, 0) is 18.6 Å². The van der Waals surface area contributed by atoms with Crippen molar-refractivity contribution in [3.8, 4) is 0 Å². The Bertz CT molecular complexity index is 292. The van der Waals surface area contributed by atoms with E-state index in [1.807, 2.05) is 5.01 Å². The summed E-state index contributed by atoms with van der Waals surface area (Å²) in [5.74, 6) is 1.11. The summed E-state index contributed by atoms with van der Waals surface area (Å²) in [5.41, 5.74) is 0. The zero-order valence-electron chi connectivity index (χ0n) is 11.0. The van der Waals surface area contributed by atoms with Crippen LogP contribution in [0.15, 0.2) is 0 Å². The summed E-state index contributed by atoms with van der Waals surface area (Å²) in [6.45, 7) is 6.05. The van der Waals surface area contributed by atoms with Gasteiger partial charge in [-0.2, -0.15) is 11.8 Å². The second-order valence-electron chi connectivity index (χ2n) is 4.18. The number of carbonyl (C=O) groups excluding carboxylic acids is 1. The van der Waals surface area contributed by atoms with Gasteiger partial charge in [-0.25, -0.2) is 5.01 Å². The average molecular weight is 457 g/mol. The molecule has 0 saturated carbocycles. The molecule has 110 valence electrons. The van der Waals surface area contributed by atoms with E-state index in [-0.39, 0.29) is 33.4 Å². The fourth-order valence-electron chi connectivity index (χ4n) is 1.90. The molecule has 0 bridgehead atoms. The molecule has 1 saturated heterocycles. The molecule has 1 amide bonds. The molecule has 1 heterocycles. The molecule has 5 nitrogen and oxygen atoms in total. The maximum absolute atomic E-state index is 11.7. The molecule has 0 unspecified atom stereocenters. The van der Waals surface area contributed by atoms with E-state index in [1.54, 1.807) is 16.8 Å². The standard InChI is InChI=1S/C12H21N2O3S.W/c1-2-13-7-3-5-11(15)14(13)8-10-18-9-4-6-12(16)17;/h1-10H2,(H,16,17);/q-1;. The number of thioether (sulfide) groups is 1. The SMILES string of the molecule is [CH2-]CN1CCCC(=O)N1CCSCCCC(=O)O.[W]. The van der Waals surface area contributed by atoms with Crippen LogP contribution in [0.5, 0.6) is 0 Å². The van der Waals surface area contributed by atoms with Crippen molar-refractivity contribution in [2.45, 2.75) is 25.7 Å². The predicted octanol–water partition coefficient (Wildman–Crippen LogP) is 1.26. The van der Waals surface area contributed by atoms with Crippen LogP contribution in [0.1, 0.15) is 25.7 Å². The Morgan fingerprint density at radius 3 is 2.79 bits per heavy atom. The molecule has 19 heavy (non-hydrogen) atoms. The van der Waals surface area contributed by atoms with Crippen LogP contribution in [0.3, 0.4) is 0 Å². The zero-order chi connectivity index (χ0) is 13.4. The maximum Gasteiger partial charge on any atom is 0.303 e. The molecule has 7 heteroatoms. The van der Waals surface area contributed by atoms with E-state index < -0.39 is 5.97 Å². The molecule has 0 radical (unpaired) electrons. The van der Waals surface area contributed by atoms with Gasteiger partial charge in [-0.15, -0.1) is 6.54 Å². The van der Waals surface area contributed by atoms with E-state index in [2.05, 4.69) is 6.92 Å². The van der Waals surface area contributed by atoms with E-state index in [9.17, 15) is 9.59 Å². The molecule has 1 aliphatic rings. The van der Waals surface area contributed by atoms with Gasteiger partial charge in [0.05, 0.1) is 0 Å². The molecule has 0 aliphatic carbocycles. The number of aliphatic carboxylic acids is 1. The number of rotatable bonds is 8. The Balaban J connectivity index is 0.00000324. The number of carboxylic acid groups (broad SMARTS) is 1. The Kier molecular flexibility index (Phi) is 10.7. The topological polar surface area (TPSA) is 60.9 Å². The second kappa shape index (κ2) is 10.7. The molecule has 0 aromatic rings. The Morgan fingerprint density at radius 2 is 2.16 bits per heavy atom. The van der Waals surface area contributed by atoms with Gasteiger partial charge in [-0.1, -0.05) is 0 Å². The quantitative estimate of drug-likeness (QED) is 0.440. The summed E-state index contributed by atoms with van der Waals surface area (Å²) in [7, 11) is 0. The predicted molar refractivity (Wildman–Crippen MR) is 72.1 cm³/mol. The van der Waals surface area contributed by atoms with Gasteiger partial charge in [0, 0.05) is 52.7 Å². The molecule has 0 aromatic carbocycles. The normalized spacial score (nSPS) is 16.3. The molecular formula is C12H21N2O3SW-. The number of hydrogen-bond acceptors (Lipinski definition) is 4. The second-order valence-corrected chi connectivity index (χ2v) is 5.41. The summed E-state index contributed by atoms with van der Waals surface area (Å²) in [6, 6.07) is 0.